The predicted molar refractivity (Wildman–Crippen MR) is 94.2 cm³/mol. The Balaban J connectivity index is 1.90. The number of anilines is 1. The summed E-state index contributed by atoms with van der Waals surface area (Å²) in [7, 11) is 1.65. The van der Waals surface area contributed by atoms with Crippen LogP contribution in [0.1, 0.15) is 28.2 Å². The lowest BCUT2D eigenvalue weighted by Crippen LogP contribution is -2.27. The molecule has 0 atom stereocenters. The summed E-state index contributed by atoms with van der Waals surface area (Å²) >= 11 is 0. The van der Waals surface area contributed by atoms with Gasteiger partial charge in [0.15, 0.2) is 0 Å². The SMILES string of the molecule is COCCCNc1nc(C)cc(C(=O)NCCc2ccccc2F)n1. The number of methoxy groups -OCH3 is 1. The Morgan fingerprint density at radius 3 is 2.80 bits per heavy atom. The molecular formula is C18H23FN4O2. The zero-order valence-electron chi connectivity index (χ0n) is 14.5. The van der Waals surface area contributed by atoms with Crippen molar-refractivity contribution in [3.05, 3.63) is 53.1 Å². The van der Waals surface area contributed by atoms with Gasteiger partial charge < -0.3 is 15.4 Å². The summed E-state index contributed by atoms with van der Waals surface area (Å²) in [5.41, 5.74) is 1.56. The van der Waals surface area contributed by atoms with Crippen molar-refractivity contribution in [2.45, 2.75) is 19.8 Å². The fourth-order valence-corrected chi connectivity index (χ4v) is 2.28. The average Bonchev–Trinajstić information content (AvgIpc) is 2.60. The largest absolute Gasteiger partial charge is 0.385 e. The first-order chi connectivity index (χ1) is 12.1. The Kier molecular flexibility index (Phi) is 7.28. The fourth-order valence-electron chi connectivity index (χ4n) is 2.28. The molecule has 0 saturated heterocycles. The highest BCUT2D eigenvalue weighted by Gasteiger charge is 2.10. The number of rotatable bonds is 9. The standard InChI is InChI=1S/C18H23FN4O2/c1-13-12-16(23-18(22-13)21-9-5-11-25-2)17(24)20-10-8-14-6-3-4-7-15(14)19/h3-4,6-7,12H,5,8-11H2,1-2H3,(H,20,24)(H,21,22,23). The summed E-state index contributed by atoms with van der Waals surface area (Å²) in [5, 5.41) is 5.83. The number of ether oxygens (including phenoxy) is 1. The Hall–Kier alpha value is -2.54. The molecule has 2 rings (SSSR count). The second-order valence-corrected chi connectivity index (χ2v) is 5.59. The van der Waals surface area contributed by atoms with Gasteiger partial charge in [0.25, 0.3) is 5.91 Å². The predicted octanol–water partition coefficient (Wildman–Crippen LogP) is 2.35. The molecule has 1 amide bonds. The first kappa shape index (κ1) is 18.8. The fraction of sp³-hybridized carbons (Fsp3) is 0.389. The quantitative estimate of drug-likeness (QED) is 0.682. The number of hydrogen-bond acceptors (Lipinski definition) is 5. The van der Waals surface area contributed by atoms with E-state index in [0.29, 0.717) is 43.3 Å². The zero-order chi connectivity index (χ0) is 18.1. The lowest BCUT2D eigenvalue weighted by atomic mass is 10.1. The van der Waals surface area contributed by atoms with Gasteiger partial charge in [-0.15, -0.1) is 0 Å². The number of amides is 1. The van der Waals surface area contributed by atoms with E-state index < -0.39 is 0 Å². The molecule has 0 unspecified atom stereocenters. The molecule has 0 spiro atoms. The summed E-state index contributed by atoms with van der Waals surface area (Å²) < 4.78 is 18.5. The Bertz CT molecular complexity index is 709. The smallest absolute Gasteiger partial charge is 0.270 e. The van der Waals surface area contributed by atoms with Crippen LogP contribution in [0.2, 0.25) is 0 Å². The van der Waals surface area contributed by atoms with Crippen molar-refractivity contribution in [3.8, 4) is 0 Å². The van der Waals surface area contributed by atoms with E-state index in [1.165, 1.54) is 6.07 Å². The summed E-state index contributed by atoms with van der Waals surface area (Å²) in [5.74, 6) is -0.158. The third kappa shape index (κ3) is 6.11. The number of halogens is 1. The van der Waals surface area contributed by atoms with Crippen LogP contribution in [0.4, 0.5) is 10.3 Å². The molecule has 6 nitrogen and oxygen atoms in total. The van der Waals surface area contributed by atoms with Gasteiger partial charge in [-0.3, -0.25) is 4.79 Å². The lowest BCUT2D eigenvalue weighted by Gasteiger charge is -2.09. The maximum absolute atomic E-state index is 13.6. The van der Waals surface area contributed by atoms with Crippen molar-refractivity contribution in [2.75, 3.05) is 32.1 Å². The molecule has 1 aromatic carbocycles. The Morgan fingerprint density at radius 1 is 1.24 bits per heavy atom. The topological polar surface area (TPSA) is 76.1 Å². The van der Waals surface area contributed by atoms with E-state index in [2.05, 4.69) is 20.6 Å². The Morgan fingerprint density at radius 2 is 2.04 bits per heavy atom. The number of carbonyl (C=O) groups is 1. The second-order valence-electron chi connectivity index (χ2n) is 5.59. The third-order valence-electron chi connectivity index (χ3n) is 3.53. The third-order valence-corrected chi connectivity index (χ3v) is 3.53. The summed E-state index contributed by atoms with van der Waals surface area (Å²) in [6, 6.07) is 8.15. The van der Waals surface area contributed by atoms with Crippen molar-refractivity contribution in [2.24, 2.45) is 0 Å². The molecule has 0 radical (unpaired) electrons. The van der Waals surface area contributed by atoms with E-state index in [1.54, 1.807) is 38.3 Å². The van der Waals surface area contributed by atoms with Crippen molar-refractivity contribution in [3.63, 3.8) is 0 Å². The van der Waals surface area contributed by atoms with Gasteiger partial charge in [-0.1, -0.05) is 18.2 Å². The van der Waals surface area contributed by atoms with Crippen molar-refractivity contribution in [1.29, 1.82) is 0 Å². The molecule has 2 N–H and O–H groups in total. The van der Waals surface area contributed by atoms with E-state index in [1.807, 2.05) is 0 Å². The van der Waals surface area contributed by atoms with Gasteiger partial charge in [-0.05, 0) is 37.5 Å². The van der Waals surface area contributed by atoms with Gasteiger partial charge in [-0.2, -0.15) is 0 Å². The number of aryl methyl sites for hydroxylation is 1. The van der Waals surface area contributed by atoms with E-state index >= 15 is 0 Å². The first-order valence-electron chi connectivity index (χ1n) is 8.20. The van der Waals surface area contributed by atoms with Gasteiger partial charge in [0.1, 0.15) is 11.5 Å². The van der Waals surface area contributed by atoms with Crippen LogP contribution >= 0.6 is 0 Å². The van der Waals surface area contributed by atoms with Crippen LogP contribution in [0, 0.1) is 12.7 Å². The van der Waals surface area contributed by atoms with E-state index in [-0.39, 0.29) is 17.4 Å². The highest BCUT2D eigenvalue weighted by molar-refractivity contribution is 5.92. The van der Waals surface area contributed by atoms with Gasteiger partial charge in [0, 0.05) is 32.5 Å². The van der Waals surface area contributed by atoms with E-state index in [4.69, 9.17) is 4.74 Å². The molecule has 0 aliphatic rings. The highest BCUT2D eigenvalue weighted by Crippen LogP contribution is 2.07. The van der Waals surface area contributed by atoms with Crippen molar-refractivity contribution in [1.82, 2.24) is 15.3 Å². The minimum Gasteiger partial charge on any atom is -0.385 e. The Labute approximate surface area is 146 Å². The molecule has 134 valence electrons. The molecule has 0 aliphatic heterocycles. The van der Waals surface area contributed by atoms with E-state index in [9.17, 15) is 9.18 Å². The van der Waals surface area contributed by atoms with Gasteiger partial charge >= 0.3 is 0 Å². The maximum atomic E-state index is 13.6. The molecule has 0 fully saturated rings. The molecular weight excluding hydrogens is 323 g/mol. The molecule has 0 saturated carbocycles. The van der Waals surface area contributed by atoms with Crippen LogP contribution < -0.4 is 10.6 Å². The van der Waals surface area contributed by atoms with Crippen LogP contribution in [-0.2, 0) is 11.2 Å². The van der Waals surface area contributed by atoms with Gasteiger partial charge in [0.05, 0.1) is 0 Å². The molecule has 1 heterocycles. The van der Waals surface area contributed by atoms with Crippen LogP contribution in [0.3, 0.4) is 0 Å². The monoisotopic (exact) mass is 346 g/mol. The van der Waals surface area contributed by atoms with Crippen molar-refractivity contribution >= 4 is 11.9 Å². The highest BCUT2D eigenvalue weighted by atomic mass is 19.1. The first-order valence-corrected chi connectivity index (χ1v) is 8.20. The summed E-state index contributed by atoms with van der Waals surface area (Å²) in [4.78, 5) is 20.7. The maximum Gasteiger partial charge on any atom is 0.270 e. The molecule has 25 heavy (non-hydrogen) atoms. The van der Waals surface area contributed by atoms with Gasteiger partial charge in [-0.25, -0.2) is 14.4 Å². The van der Waals surface area contributed by atoms with Crippen LogP contribution in [0.15, 0.2) is 30.3 Å². The molecule has 2 aromatic rings. The number of benzene rings is 1. The summed E-state index contributed by atoms with van der Waals surface area (Å²) in [6.07, 6.45) is 1.24. The molecule has 0 aliphatic carbocycles. The molecule has 0 bridgehead atoms. The van der Waals surface area contributed by atoms with Crippen LogP contribution in [-0.4, -0.2) is 42.7 Å². The lowest BCUT2D eigenvalue weighted by molar-refractivity contribution is 0.0949. The number of aromatic nitrogens is 2. The normalized spacial score (nSPS) is 10.5. The molecule has 7 heteroatoms. The average molecular weight is 346 g/mol. The minimum atomic E-state index is -0.304. The van der Waals surface area contributed by atoms with Crippen LogP contribution in [0.5, 0.6) is 0 Å². The number of hydrogen-bond donors (Lipinski definition) is 2. The van der Waals surface area contributed by atoms with E-state index in [0.717, 1.165) is 6.42 Å². The van der Waals surface area contributed by atoms with Gasteiger partial charge in [0.2, 0.25) is 5.95 Å². The van der Waals surface area contributed by atoms with Crippen molar-refractivity contribution < 1.29 is 13.9 Å². The number of nitrogens with one attached hydrogen (secondary N) is 2. The number of nitrogens with zero attached hydrogens (tertiary/aromatic N) is 2. The summed E-state index contributed by atoms with van der Waals surface area (Å²) in [6.45, 7) is 3.44. The number of carbonyl (C=O) groups excluding carboxylic acids is 1. The van der Waals surface area contributed by atoms with Crippen LogP contribution in [0.25, 0.3) is 0 Å². The zero-order valence-corrected chi connectivity index (χ0v) is 14.5. The second kappa shape index (κ2) is 9.68. The molecule has 1 aromatic heterocycles. The minimum absolute atomic E-state index is 0.267.